The zero-order valence-electron chi connectivity index (χ0n) is 12.6. The normalized spacial score (nSPS) is 15.5. The maximum Gasteiger partial charge on any atom is 0.303 e. The lowest BCUT2D eigenvalue weighted by molar-refractivity contribution is -0.137. The number of piperidine rings is 1. The number of hydrogen-bond acceptors (Lipinski definition) is 5. The summed E-state index contributed by atoms with van der Waals surface area (Å²) in [5, 5.41) is 11.4. The lowest BCUT2D eigenvalue weighted by Gasteiger charge is -2.31. The average Bonchev–Trinajstić information content (AvgIpc) is 2.55. The largest absolute Gasteiger partial charge is 0.481 e. The smallest absolute Gasteiger partial charge is 0.303 e. The SMILES string of the molecule is O=C(O)CCCCNC(=O)C1CCN(c2cnccn2)CC1. The van der Waals surface area contributed by atoms with E-state index in [9.17, 15) is 9.59 Å². The molecule has 0 unspecified atom stereocenters. The Balaban J connectivity index is 1.66. The molecule has 0 aliphatic carbocycles. The third-order valence-electron chi connectivity index (χ3n) is 3.86. The van der Waals surface area contributed by atoms with E-state index >= 15 is 0 Å². The van der Waals surface area contributed by atoms with Gasteiger partial charge in [0.05, 0.1) is 6.20 Å². The zero-order chi connectivity index (χ0) is 15.8. The Labute approximate surface area is 129 Å². The zero-order valence-corrected chi connectivity index (χ0v) is 12.6. The van der Waals surface area contributed by atoms with Crippen LogP contribution in [-0.4, -0.2) is 46.6 Å². The Hall–Kier alpha value is -2.18. The van der Waals surface area contributed by atoms with E-state index in [4.69, 9.17) is 5.11 Å². The number of carboxylic acid groups (broad SMARTS) is 1. The van der Waals surface area contributed by atoms with Gasteiger partial charge in [0.1, 0.15) is 5.82 Å². The van der Waals surface area contributed by atoms with Crippen molar-refractivity contribution in [3.63, 3.8) is 0 Å². The molecule has 1 aromatic rings. The van der Waals surface area contributed by atoms with Crippen molar-refractivity contribution in [3.05, 3.63) is 18.6 Å². The van der Waals surface area contributed by atoms with Crippen LogP contribution in [-0.2, 0) is 9.59 Å². The minimum Gasteiger partial charge on any atom is -0.481 e. The van der Waals surface area contributed by atoms with Gasteiger partial charge in [0.15, 0.2) is 0 Å². The van der Waals surface area contributed by atoms with E-state index < -0.39 is 5.97 Å². The van der Waals surface area contributed by atoms with Gasteiger partial charge in [-0.05, 0) is 25.7 Å². The van der Waals surface area contributed by atoms with Crippen molar-refractivity contribution in [2.75, 3.05) is 24.5 Å². The fraction of sp³-hybridized carbons (Fsp3) is 0.600. The molecule has 22 heavy (non-hydrogen) atoms. The summed E-state index contributed by atoms with van der Waals surface area (Å²) in [4.78, 5) is 32.9. The van der Waals surface area contributed by atoms with E-state index in [1.165, 1.54) is 0 Å². The summed E-state index contributed by atoms with van der Waals surface area (Å²) >= 11 is 0. The number of carbonyl (C=O) groups excluding carboxylic acids is 1. The van der Waals surface area contributed by atoms with Crippen LogP contribution < -0.4 is 10.2 Å². The second-order valence-electron chi connectivity index (χ2n) is 5.47. The first-order valence-corrected chi connectivity index (χ1v) is 7.67. The molecule has 1 fully saturated rings. The highest BCUT2D eigenvalue weighted by molar-refractivity contribution is 5.78. The number of hydrogen-bond donors (Lipinski definition) is 2. The van der Waals surface area contributed by atoms with E-state index in [-0.39, 0.29) is 18.2 Å². The highest BCUT2D eigenvalue weighted by Gasteiger charge is 2.25. The molecule has 0 saturated carbocycles. The molecule has 0 aromatic carbocycles. The number of carbonyl (C=O) groups is 2. The summed E-state index contributed by atoms with van der Waals surface area (Å²) in [7, 11) is 0. The number of amides is 1. The van der Waals surface area contributed by atoms with Gasteiger partial charge >= 0.3 is 5.97 Å². The molecule has 0 bridgehead atoms. The van der Waals surface area contributed by atoms with E-state index in [2.05, 4.69) is 20.2 Å². The van der Waals surface area contributed by atoms with E-state index in [0.29, 0.717) is 19.4 Å². The molecule has 2 N–H and O–H groups in total. The van der Waals surface area contributed by atoms with Gasteiger partial charge in [-0.1, -0.05) is 0 Å². The fourth-order valence-electron chi connectivity index (χ4n) is 2.58. The molecule has 2 heterocycles. The Morgan fingerprint density at radius 1 is 1.27 bits per heavy atom. The number of carboxylic acids is 1. The van der Waals surface area contributed by atoms with Gasteiger partial charge in [0, 0.05) is 44.4 Å². The molecule has 0 atom stereocenters. The van der Waals surface area contributed by atoms with Crippen molar-refractivity contribution >= 4 is 17.7 Å². The molecule has 120 valence electrons. The molecule has 0 radical (unpaired) electrons. The summed E-state index contributed by atoms with van der Waals surface area (Å²) in [6, 6.07) is 0. The van der Waals surface area contributed by atoms with Crippen molar-refractivity contribution in [1.29, 1.82) is 0 Å². The van der Waals surface area contributed by atoms with E-state index in [1.807, 2.05) is 0 Å². The van der Waals surface area contributed by atoms with Crippen LogP contribution in [0, 0.1) is 5.92 Å². The van der Waals surface area contributed by atoms with Crippen molar-refractivity contribution in [2.45, 2.75) is 32.1 Å². The van der Waals surface area contributed by atoms with Gasteiger partial charge in [0.25, 0.3) is 0 Å². The first-order chi connectivity index (χ1) is 10.7. The summed E-state index contributed by atoms with van der Waals surface area (Å²) < 4.78 is 0. The minimum atomic E-state index is -0.789. The van der Waals surface area contributed by atoms with Gasteiger partial charge in [0.2, 0.25) is 5.91 Å². The molecule has 0 spiro atoms. The molecule has 1 saturated heterocycles. The van der Waals surface area contributed by atoms with Crippen LogP contribution in [0.4, 0.5) is 5.82 Å². The topological polar surface area (TPSA) is 95.4 Å². The second-order valence-corrected chi connectivity index (χ2v) is 5.47. The van der Waals surface area contributed by atoms with E-state index in [0.717, 1.165) is 31.7 Å². The first kappa shape index (κ1) is 16.2. The van der Waals surface area contributed by atoms with Crippen LogP contribution in [0.5, 0.6) is 0 Å². The molecule has 1 aliphatic rings. The van der Waals surface area contributed by atoms with E-state index in [1.54, 1.807) is 18.6 Å². The van der Waals surface area contributed by atoms with Crippen LogP contribution in [0.2, 0.25) is 0 Å². The molecule has 7 nitrogen and oxygen atoms in total. The minimum absolute atomic E-state index is 0.0346. The number of nitrogens with zero attached hydrogens (tertiary/aromatic N) is 3. The fourth-order valence-corrected chi connectivity index (χ4v) is 2.58. The molecule has 1 amide bonds. The van der Waals surface area contributed by atoms with Crippen LogP contribution in [0.3, 0.4) is 0 Å². The summed E-state index contributed by atoms with van der Waals surface area (Å²) in [5.41, 5.74) is 0. The summed E-state index contributed by atoms with van der Waals surface area (Å²) in [6.45, 7) is 2.15. The summed E-state index contributed by atoms with van der Waals surface area (Å²) in [6.07, 6.45) is 8.13. The van der Waals surface area contributed by atoms with Crippen LogP contribution in [0.25, 0.3) is 0 Å². The number of unbranched alkanes of at least 4 members (excludes halogenated alkanes) is 1. The standard InChI is InChI=1S/C15H22N4O3/c20-14(21)3-1-2-6-18-15(22)12-4-9-19(10-5-12)13-11-16-7-8-17-13/h7-8,11-12H,1-6,9-10H2,(H,18,22)(H,20,21). The third-order valence-corrected chi connectivity index (χ3v) is 3.86. The number of aliphatic carboxylic acids is 1. The number of aromatic nitrogens is 2. The maximum atomic E-state index is 12.1. The molecule has 2 rings (SSSR count). The monoisotopic (exact) mass is 306 g/mol. The molecule has 1 aromatic heterocycles. The number of nitrogens with one attached hydrogen (secondary N) is 1. The average molecular weight is 306 g/mol. The summed E-state index contributed by atoms with van der Waals surface area (Å²) in [5.74, 6) is 0.180. The lowest BCUT2D eigenvalue weighted by atomic mass is 9.96. The van der Waals surface area contributed by atoms with Gasteiger partial charge in [-0.2, -0.15) is 0 Å². The third kappa shape index (κ3) is 4.98. The molecule has 7 heteroatoms. The van der Waals surface area contributed by atoms with Crippen LogP contribution in [0.1, 0.15) is 32.1 Å². The Kier molecular flexibility index (Phi) is 6.12. The van der Waals surface area contributed by atoms with Gasteiger partial charge < -0.3 is 15.3 Å². The maximum absolute atomic E-state index is 12.1. The number of rotatable bonds is 7. The number of anilines is 1. The highest BCUT2D eigenvalue weighted by Crippen LogP contribution is 2.21. The van der Waals surface area contributed by atoms with Gasteiger partial charge in [-0.25, -0.2) is 4.98 Å². The van der Waals surface area contributed by atoms with Crippen molar-refractivity contribution < 1.29 is 14.7 Å². The Morgan fingerprint density at radius 3 is 2.68 bits per heavy atom. The first-order valence-electron chi connectivity index (χ1n) is 7.67. The Morgan fingerprint density at radius 2 is 2.05 bits per heavy atom. The molecule has 1 aliphatic heterocycles. The molecular weight excluding hydrogens is 284 g/mol. The molecular formula is C15H22N4O3. The lowest BCUT2D eigenvalue weighted by Crippen LogP contribution is -2.41. The van der Waals surface area contributed by atoms with Crippen LogP contribution >= 0.6 is 0 Å². The van der Waals surface area contributed by atoms with Crippen molar-refractivity contribution in [2.24, 2.45) is 5.92 Å². The van der Waals surface area contributed by atoms with Gasteiger partial charge in [-0.15, -0.1) is 0 Å². The second kappa shape index (κ2) is 8.31. The highest BCUT2D eigenvalue weighted by atomic mass is 16.4. The van der Waals surface area contributed by atoms with Crippen LogP contribution in [0.15, 0.2) is 18.6 Å². The van der Waals surface area contributed by atoms with Crippen molar-refractivity contribution in [1.82, 2.24) is 15.3 Å². The Bertz CT molecular complexity index is 487. The predicted molar refractivity (Wildman–Crippen MR) is 81.5 cm³/mol. The predicted octanol–water partition coefficient (Wildman–Crippen LogP) is 1.06. The van der Waals surface area contributed by atoms with Crippen molar-refractivity contribution in [3.8, 4) is 0 Å². The van der Waals surface area contributed by atoms with Gasteiger partial charge in [-0.3, -0.25) is 14.6 Å². The quantitative estimate of drug-likeness (QED) is 0.731.